The van der Waals surface area contributed by atoms with E-state index in [-0.39, 0.29) is 6.61 Å². The number of aliphatic hydroxyl groups is 1. The fraction of sp³-hybridized carbons (Fsp3) is 0.500. The number of halogens is 1. The van der Waals surface area contributed by atoms with Gasteiger partial charge >= 0.3 is 0 Å². The molecule has 0 aliphatic heterocycles. The first-order valence-corrected chi connectivity index (χ1v) is 1.68. The Balaban J connectivity index is 3.22. The molecule has 0 atom stereocenters. The largest absolute Gasteiger partial charge is 0.392 e. The molecule has 0 aromatic carbocycles. The van der Waals surface area contributed by atoms with Crippen molar-refractivity contribution in [1.29, 1.82) is 0 Å². The van der Waals surface area contributed by atoms with E-state index in [0.717, 1.165) is 0 Å². The van der Waals surface area contributed by atoms with E-state index < -0.39 is 0 Å². The zero-order chi connectivity index (χ0) is 4.99. The molecule has 0 rings (SSSR count). The van der Waals surface area contributed by atoms with Crippen LogP contribution in [0.4, 0.5) is 4.39 Å². The van der Waals surface area contributed by atoms with Crippen LogP contribution < -0.4 is 0 Å². The molecule has 0 saturated carbocycles. The second kappa shape index (κ2) is 2.85. The third kappa shape index (κ3) is 1.91. The zero-order valence-corrected chi connectivity index (χ0v) is 3.61. The maximum absolute atomic E-state index is 11.1. The summed E-state index contributed by atoms with van der Waals surface area (Å²) in [6.45, 7) is 1.33. The normalized spacial score (nSPS) is 12.2. The van der Waals surface area contributed by atoms with Crippen LogP contribution in [0, 0.1) is 0 Å². The maximum Gasteiger partial charge on any atom is 0.0879 e. The Bertz CT molecular complexity index is 58.6. The lowest BCUT2D eigenvalue weighted by atomic mass is 10.4. The Labute approximate surface area is 36.1 Å². The van der Waals surface area contributed by atoms with E-state index >= 15 is 0 Å². The molecule has 2 heteroatoms. The molecule has 36 valence electrons. The van der Waals surface area contributed by atoms with Gasteiger partial charge in [-0.05, 0) is 12.5 Å². The van der Waals surface area contributed by atoms with Gasteiger partial charge in [0.1, 0.15) is 0 Å². The zero-order valence-electron chi connectivity index (χ0n) is 3.61. The van der Waals surface area contributed by atoms with Gasteiger partial charge in [0, 0.05) is 0 Å². The molecule has 0 heterocycles. The van der Waals surface area contributed by atoms with E-state index in [9.17, 15) is 4.39 Å². The summed E-state index contributed by atoms with van der Waals surface area (Å²) in [4.78, 5) is 0. The molecule has 0 unspecified atom stereocenters. The molecule has 0 spiro atoms. The summed E-state index contributed by atoms with van der Waals surface area (Å²) in [5.74, 6) is 0. The first kappa shape index (κ1) is 5.63. The van der Waals surface area contributed by atoms with E-state index in [1.54, 1.807) is 0 Å². The standard InChI is InChI=1S/C4H7FO/c1-4(2-5)3-6/h2,6H,3H2,1H3/b4-2+. The van der Waals surface area contributed by atoms with Crippen LogP contribution in [0.5, 0.6) is 0 Å². The van der Waals surface area contributed by atoms with E-state index in [2.05, 4.69) is 0 Å². The van der Waals surface area contributed by atoms with Crippen molar-refractivity contribution in [3.8, 4) is 0 Å². The molecule has 0 radical (unpaired) electrons. The molecular formula is C4H7FO. The van der Waals surface area contributed by atoms with Gasteiger partial charge in [0.25, 0.3) is 0 Å². The fourth-order valence-corrected chi connectivity index (χ4v) is 0.0345. The molecule has 0 fully saturated rings. The summed E-state index contributed by atoms with van der Waals surface area (Å²) in [6.07, 6.45) is 0.389. The SMILES string of the molecule is C/C(=C\F)CO. The van der Waals surface area contributed by atoms with Crippen molar-refractivity contribution in [2.75, 3.05) is 6.61 Å². The first-order valence-electron chi connectivity index (χ1n) is 1.68. The summed E-state index contributed by atoms with van der Waals surface area (Å²) in [6, 6.07) is 0. The highest BCUT2D eigenvalue weighted by molar-refractivity contribution is 4.90. The molecule has 0 aromatic rings. The molecule has 1 nitrogen and oxygen atoms in total. The third-order valence-electron chi connectivity index (χ3n) is 0.436. The van der Waals surface area contributed by atoms with Gasteiger partial charge in [0.15, 0.2) is 0 Å². The fourth-order valence-electron chi connectivity index (χ4n) is 0.0345. The molecule has 0 aromatic heterocycles. The minimum atomic E-state index is -0.184. The molecule has 0 saturated heterocycles. The Morgan fingerprint density at radius 1 is 2.00 bits per heavy atom. The van der Waals surface area contributed by atoms with Gasteiger partial charge in [-0.2, -0.15) is 0 Å². The van der Waals surface area contributed by atoms with Gasteiger partial charge in [-0.25, -0.2) is 4.39 Å². The third-order valence-corrected chi connectivity index (χ3v) is 0.436. The lowest BCUT2D eigenvalue weighted by molar-refractivity contribution is 0.329. The van der Waals surface area contributed by atoms with Gasteiger partial charge in [0.2, 0.25) is 0 Å². The van der Waals surface area contributed by atoms with Crippen molar-refractivity contribution in [1.82, 2.24) is 0 Å². The molecular weight excluding hydrogens is 83.0 g/mol. The number of aliphatic hydroxyl groups excluding tert-OH is 1. The van der Waals surface area contributed by atoms with Gasteiger partial charge in [0.05, 0.1) is 12.9 Å². The molecule has 0 aliphatic carbocycles. The number of hydrogen-bond donors (Lipinski definition) is 1. The minimum absolute atomic E-state index is 0.184. The minimum Gasteiger partial charge on any atom is -0.392 e. The van der Waals surface area contributed by atoms with Gasteiger partial charge < -0.3 is 5.11 Å². The molecule has 0 amide bonds. The Hall–Kier alpha value is -0.370. The highest BCUT2D eigenvalue weighted by atomic mass is 19.1. The van der Waals surface area contributed by atoms with Gasteiger partial charge in [-0.15, -0.1) is 0 Å². The van der Waals surface area contributed by atoms with Crippen LogP contribution in [0.1, 0.15) is 6.92 Å². The lowest BCUT2D eigenvalue weighted by Gasteiger charge is -1.82. The Kier molecular flexibility index (Phi) is 2.67. The second-order valence-corrected chi connectivity index (χ2v) is 1.11. The lowest BCUT2D eigenvalue weighted by Crippen LogP contribution is -1.79. The van der Waals surface area contributed by atoms with Crippen molar-refractivity contribution >= 4 is 0 Å². The summed E-state index contributed by atoms with van der Waals surface area (Å²) in [5.41, 5.74) is 0.356. The van der Waals surface area contributed by atoms with E-state index in [4.69, 9.17) is 5.11 Å². The van der Waals surface area contributed by atoms with Crippen molar-refractivity contribution in [2.45, 2.75) is 6.92 Å². The summed E-state index contributed by atoms with van der Waals surface area (Å²) in [7, 11) is 0. The Morgan fingerprint density at radius 2 is 2.50 bits per heavy atom. The van der Waals surface area contributed by atoms with E-state index in [1.807, 2.05) is 0 Å². The predicted octanol–water partition coefficient (Wildman–Crippen LogP) is 0.852. The molecule has 1 N–H and O–H groups in total. The summed E-state index contributed by atoms with van der Waals surface area (Å²) < 4.78 is 11.1. The predicted molar refractivity (Wildman–Crippen MR) is 22.0 cm³/mol. The summed E-state index contributed by atoms with van der Waals surface area (Å²) in [5, 5.41) is 8.03. The van der Waals surface area contributed by atoms with E-state index in [1.165, 1.54) is 6.92 Å². The highest BCUT2D eigenvalue weighted by Crippen LogP contribution is 1.86. The van der Waals surface area contributed by atoms with Crippen molar-refractivity contribution in [2.24, 2.45) is 0 Å². The van der Waals surface area contributed by atoms with Crippen LogP contribution in [0.25, 0.3) is 0 Å². The van der Waals surface area contributed by atoms with Crippen LogP contribution in [-0.4, -0.2) is 11.7 Å². The highest BCUT2D eigenvalue weighted by Gasteiger charge is 1.77. The Morgan fingerprint density at radius 3 is 2.50 bits per heavy atom. The van der Waals surface area contributed by atoms with Crippen molar-refractivity contribution in [3.63, 3.8) is 0 Å². The molecule has 6 heavy (non-hydrogen) atoms. The number of rotatable bonds is 1. The van der Waals surface area contributed by atoms with Crippen LogP contribution in [0.2, 0.25) is 0 Å². The van der Waals surface area contributed by atoms with Crippen molar-refractivity contribution in [3.05, 3.63) is 11.9 Å². The van der Waals surface area contributed by atoms with Crippen LogP contribution in [0.15, 0.2) is 11.9 Å². The monoisotopic (exact) mass is 90.0 g/mol. The first-order chi connectivity index (χ1) is 2.81. The topological polar surface area (TPSA) is 20.2 Å². The smallest absolute Gasteiger partial charge is 0.0879 e. The molecule has 0 bridgehead atoms. The quantitative estimate of drug-likeness (QED) is 0.506. The molecule has 0 aliphatic rings. The van der Waals surface area contributed by atoms with Gasteiger partial charge in [-0.1, -0.05) is 0 Å². The average Bonchev–Trinajstić information content (AvgIpc) is 1.65. The van der Waals surface area contributed by atoms with E-state index in [0.29, 0.717) is 11.9 Å². The van der Waals surface area contributed by atoms with Crippen LogP contribution in [0.3, 0.4) is 0 Å². The number of hydrogen-bond acceptors (Lipinski definition) is 1. The van der Waals surface area contributed by atoms with Crippen LogP contribution >= 0.6 is 0 Å². The van der Waals surface area contributed by atoms with Gasteiger partial charge in [-0.3, -0.25) is 0 Å². The van der Waals surface area contributed by atoms with Crippen LogP contribution in [-0.2, 0) is 0 Å². The van der Waals surface area contributed by atoms with Crippen molar-refractivity contribution < 1.29 is 9.50 Å². The summed E-state index contributed by atoms with van der Waals surface area (Å²) >= 11 is 0. The maximum atomic E-state index is 11.1. The average molecular weight is 90.1 g/mol. The second-order valence-electron chi connectivity index (χ2n) is 1.11.